The summed E-state index contributed by atoms with van der Waals surface area (Å²) in [5.41, 5.74) is 3.32. The maximum Gasteiger partial charge on any atom is 0.125 e. The first kappa shape index (κ1) is 14.9. The first-order valence-electron chi connectivity index (χ1n) is 7.12. The molecule has 0 N–H and O–H groups in total. The van der Waals surface area contributed by atoms with Crippen LogP contribution >= 0.6 is 0 Å². The van der Waals surface area contributed by atoms with Crippen LogP contribution in [0, 0.1) is 5.82 Å². The van der Waals surface area contributed by atoms with Gasteiger partial charge in [0.15, 0.2) is 0 Å². The molecule has 4 heteroatoms. The average molecular weight is 313 g/mol. The highest BCUT2D eigenvalue weighted by Gasteiger charge is 2.14. The smallest absolute Gasteiger partial charge is 0.125 e. The monoisotopic (exact) mass is 313 g/mol. The van der Waals surface area contributed by atoms with Crippen LogP contribution in [-0.2, 0) is 17.2 Å². The lowest BCUT2D eigenvalue weighted by atomic mass is 10.0. The summed E-state index contributed by atoms with van der Waals surface area (Å²) < 4.78 is 25.5. The zero-order chi connectivity index (χ0) is 15.7. The van der Waals surface area contributed by atoms with E-state index < -0.39 is 10.8 Å². The van der Waals surface area contributed by atoms with Crippen LogP contribution in [0.5, 0.6) is 0 Å². The van der Waals surface area contributed by atoms with Crippen LogP contribution in [0.2, 0.25) is 0 Å². The highest BCUT2D eigenvalue weighted by molar-refractivity contribution is 7.84. The minimum atomic E-state index is -1.10. The molecule has 1 heterocycles. The molecule has 3 aromatic rings. The third-order valence-electron chi connectivity index (χ3n) is 3.69. The van der Waals surface area contributed by atoms with Crippen LogP contribution in [0.15, 0.2) is 53.4 Å². The van der Waals surface area contributed by atoms with E-state index in [9.17, 15) is 8.60 Å². The number of aromatic nitrogens is 1. The van der Waals surface area contributed by atoms with Gasteiger partial charge in [0.25, 0.3) is 0 Å². The van der Waals surface area contributed by atoms with Crippen LogP contribution in [0.4, 0.5) is 4.39 Å². The summed E-state index contributed by atoms with van der Waals surface area (Å²) >= 11 is 0. The third-order valence-corrected chi connectivity index (χ3v) is 4.67. The molecule has 0 aliphatic heterocycles. The quantitative estimate of drug-likeness (QED) is 0.720. The van der Waals surface area contributed by atoms with Crippen molar-refractivity contribution in [1.29, 1.82) is 0 Å². The number of benzene rings is 2. The van der Waals surface area contributed by atoms with Gasteiger partial charge in [-0.1, -0.05) is 25.1 Å². The number of aryl methyl sites for hydroxylation is 1. The summed E-state index contributed by atoms with van der Waals surface area (Å²) in [6.45, 7) is 2.06. The van der Waals surface area contributed by atoms with Crippen LogP contribution < -0.4 is 0 Å². The van der Waals surface area contributed by atoms with E-state index in [1.165, 1.54) is 12.1 Å². The molecule has 0 saturated carbocycles. The van der Waals surface area contributed by atoms with Gasteiger partial charge < -0.3 is 0 Å². The SMILES string of the molecule is CCc1cc2ccc(F)cc2nc1-c1ccccc1S(C)=O. The molecule has 2 aromatic carbocycles. The van der Waals surface area contributed by atoms with E-state index in [1.54, 1.807) is 12.3 Å². The van der Waals surface area contributed by atoms with E-state index >= 15 is 0 Å². The number of fused-ring (bicyclic) bond motifs is 1. The largest absolute Gasteiger partial charge is 0.255 e. The molecule has 0 radical (unpaired) electrons. The molecule has 0 fully saturated rings. The Kier molecular flexibility index (Phi) is 4.03. The fourth-order valence-corrected chi connectivity index (χ4v) is 3.34. The maximum atomic E-state index is 13.5. The van der Waals surface area contributed by atoms with Gasteiger partial charge in [-0.25, -0.2) is 9.37 Å². The standard InChI is InChI=1S/C18H16FNOS/c1-3-12-10-13-8-9-14(19)11-16(13)20-18(12)15-6-4-5-7-17(15)22(2)21/h4-11H,3H2,1-2H3. The summed E-state index contributed by atoms with van der Waals surface area (Å²) in [4.78, 5) is 5.40. The Morgan fingerprint density at radius 3 is 2.64 bits per heavy atom. The Morgan fingerprint density at radius 2 is 1.91 bits per heavy atom. The molecule has 22 heavy (non-hydrogen) atoms. The van der Waals surface area contributed by atoms with Gasteiger partial charge >= 0.3 is 0 Å². The van der Waals surface area contributed by atoms with E-state index in [-0.39, 0.29) is 5.82 Å². The Bertz CT molecular complexity index is 876. The number of hydrogen-bond acceptors (Lipinski definition) is 2. The number of nitrogens with zero attached hydrogens (tertiary/aromatic N) is 1. The van der Waals surface area contributed by atoms with Gasteiger partial charge in [-0.2, -0.15) is 0 Å². The predicted octanol–water partition coefficient (Wildman–Crippen LogP) is 4.34. The molecule has 2 nitrogen and oxygen atoms in total. The van der Waals surface area contributed by atoms with Crippen molar-refractivity contribution in [2.24, 2.45) is 0 Å². The molecule has 1 aromatic heterocycles. The van der Waals surface area contributed by atoms with Gasteiger partial charge in [0.05, 0.1) is 22.0 Å². The van der Waals surface area contributed by atoms with E-state index in [1.807, 2.05) is 30.3 Å². The lowest BCUT2D eigenvalue weighted by molar-refractivity contribution is 0.629. The third kappa shape index (κ3) is 2.66. The Morgan fingerprint density at radius 1 is 1.14 bits per heavy atom. The Hall–Kier alpha value is -2.07. The van der Waals surface area contributed by atoms with E-state index in [4.69, 9.17) is 0 Å². The van der Waals surface area contributed by atoms with Crippen molar-refractivity contribution in [2.75, 3.05) is 6.26 Å². The van der Waals surface area contributed by atoms with Crippen molar-refractivity contribution in [2.45, 2.75) is 18.2 Å². The molecule has 112 valence electrons. The van der Waals surface area contributed by atoms with Crippen molar-refractivity contribution >= 4 is 21.7 Å². The topological polar surface area (TPSA) is 30.0 Å². The first-order valence-corrected chi connectivity index (χ1v) is 8.68. The van der Waals surface area contributed by atoms with Gasteiger partial charge in [0.2, 0.25) is 0 Å². The number of hydrogen-bond donors (Lipinski definition) is 0. The van der Waals surface area contributed by atoms with Crippen LogP contribution in [0.25, 0.3) is 22.2 Å². The Labute approximate surface area is 131 Å². The van der Waals surface area contributed by atoms with Gasteiger partial charge in [0.1, 0.15) is 5.82 Å². The average Bonchev–Trinajstić information content (AvgIpc) is 2.53. The molecular weight excluding hydrogens is 297 g/mol. The molecule has 0 amide bonds. The zero-order valence-electron chi connectivity index (χ0n) is 12.5. The van der Waals surface area contributed by atoms with Crippen LogP contribution in [0.1, 0.15) is 12.5 Å². The maximum absolute atomic E-state index is 13.5. The normalized spacial score (nSPS) is 12.5. The lowest BCUT2D eigenvalue weighted by Gasteiger charge is -2.12. The molecule has 3 rings (SSSR count). The second-order valence-corrected chi connectivity index (χ2v) is 6.49. The summed E-state index contributed by atoms with van der Waals surface area (Å²) in [5, 5.41) is 0.914. The molecule has 0 saturated heterocycles. The van der Waals surface area contributed by atoms with Crippen LogP contribution in [0.3, 0.4) is 0 Å². The highest BCUT2D eigenvalue weighted by Crippen LogP contribution is 2.30. The Balaban J connectivity index is 2.32. The second-order valence-electron chi connectivity index (χ2n) is 5.14. The van der Waals surface area contributed by atoms with Crippen molar-refractivity contribution < 1.29 is 8.60 Å². The second kappa shape index (κ2) is 5.97. The van der Waals surface area contributed by atoms with E-state index in [2.05, 4.69) is 11.9 Å². The van der Waals surface area contributed by atoms with Gasteiger partial charge in [0, 0.05) is 28.2 Å². The molecule has 0 spiro atoms. The summed E-state index contributed by atoms with van der Waals surface area (Å²) in [7, 11) is -1.10. The summed E-state index contributed by atoms with van der Waals surface area (Å²) in [6.07, 6.45) is 2.46. The van der Waals surface area contributed by atoms with E-state index in [0.29, 0.717) is 5.52 Å². The lowest BCUT2D eigenvalue weighted by Crippen LogP contribution is -1.98. The van der Waals surface area contributed by atoms with Gasteiger partial charge in [-0.05, 0) is 36.2 Å². The number of pyridine rings is 1. The molecule has 0 aliphatic carbocycles. The molecular formula is C18H16FNOS. The number of rotatable bonds is 3. The zero-order valence-corrected chi connectivity index (χ0v) is 13.3. The van der Waals surface area contributed by atoms with Crippen molar-refractivity contribution in [3.05, 3.63) is 59.9 Å². The van der Waals surface area contributed by atoms with Gasteiger partial charge in [-0.3, -0.25) is 4.21 Å². The minimum absolute atomic E-state index is 0.303. The van der Waals surface area contributed by atoms with E-state index in [0.717, 1.165) is 33.5 Å². The van der Waals surface area contributed by atoms with Gasteiger partial charge in [-0.15, -0.1) is 0 Å². The van der Waals surface area contributed by atoms with Crippen molar-refractivity contribution in [3.8, 4) is 11.3 Å². The molecule has 1 atom stereocenters. The predicted molar refractivity (Wildman–Crippen MR) is 88.8 cm³/mol. The minimum Gasteiger partial charge on any atom is -0.255 e. The summed E-state index contributed by atoms with van der Waals surface area (Å²) in [5.74, 6) is -0.303. The molecule has 1 unspecified atom stereocenters. The summed E-state index contributed by atoms with van der Waals surface area (Å²) in [6, 6.07) is 14.2. The molecule has 0 aliphatic rings. The highest BCUT2D eigenvalue weighted by atomic mass is 32.2. The fraction of sp³-hybridized carbons (Fsp3) is 0.167. The number of halogens is 1. The molecule has 0 bridgehead atoms. The van der Waals surface area contributed by atoms with Crippen molar-refractivity contribution in [3.63, 3.8) is 0 Å². The van der Waals surface area contributed by atoms with Crippen LogP contribution in [-0.4, -0.2) is 15.4 Å². The van der Waals surface area contributed by atoms with Crippen molar-refractivity contribution in [1.82, 2.24) is 4.98 Å². The first-order chi connectivity index (χ1) is 10.6. The fourth-order valence-electron chi connectivity index (χ4n) is 2.60.